The third-order valence-electron chi connectivity index (χ3n) is 1.93. The number of carbonyl (C=O) groups excluding carboxylic acids is 1. The van der Waals surface area contributed by atoms with Gasteiger partial charge >= 0.3 is 6.09 Å². The van der Waals surface area contributed by atoms with E-state index in [-0.39, 0.29) is 6.10 Å². The van der Waals surface area contributed by atoms with Gasteiger partial charge in [-0.25, -0.2) is 14.8 Å². The molecule has 1 amide bonds. The molecular weight excluding hydrogens is 170 g/mol. The van der Waals surface area contributed by atoms with Crippen LogP contribution in [0.2, 0.25) is 0 Å². The number of amides is 1. The van der Waals surface area contributed by atoms with Crippen molar-refractivity contribution in [3.05, 3.63) is 18.1 Å². The normalized spacial score (nSPS) is 20.1. The number of rotatable bonds is 1. The number of anilines is 1. The molecule has 0 saturated carbocycles. The second kappa shape index (κ2) is 3.01. The summed E-state index contributed by atoms with van der Waals surface area (Å²) in [5.74, 6) is 0.554. The van der Waals surface area contributed by atoms with Gasteiger partial charge in [0.25, 0.3) is 0 Å². The van der Waals surface area contributed by atoms with Crippen molar-refractivity contribution in [1.29, 1.82) is 0 Å². The predicted octanol–water partition coefficient (Wildman–Crippen LogP) is 1.49. The molecule has 68 valence electrons. The number of carbonyl (C=O) groups is 1. The summed E-state index contributed by atoms with van der Waals surface area (Å²) in [5.41, 5.74) is 0.838. The first-order valence-electron chi connectivity index (χ1n) is 4.08. The van der Waals surface area contributed by atoms with Crippen molar-refractivity contribution in [3.8, 4) is 0 Å². The minimum Gasteiger partial charge on any atom is -0.441 e. The highest BCUT2D eigenvalue weighted by Crippen LogP contribution is 2.29. The predicted molar refractivity (Wildman–Crippen MR) is 45.2 cm³/mol. The molecule has 0 aliphatic carbocycles. The molecule has 0 spiro atoms. The van der Waals surface area contributed by atoms with E-state index in [0.29, 0.717) is 5.82 Å². The molecule has 0 fully saturated rings. The maximum atomic E-state index is 11.0. The van der Waals surface area contributed by atoms with E-state index in [1.165, 1.54) is 6.33 Å². The average molecular weight is 179 g/mol. The van der Waals surface area contributed by atoms with Crippen molar-refractivity contribution in [3.63, 3.8) is 0 Å². The number of ether oxygens (including phenoxy) is 1. The van der Waals surface area contributed by atoms with Gasteiger partial charge in [-0.15, -0.1) is 0 Å². The van der Waals surface area contributed by atoms with E-state index >= 15 is 0 Å². The molecular formula is C8H9N3O2. The lowest BCUT2D eigenvalue weighted by Crippen LogP contribution is -2.25. The Hall–Kier alpha value is -1.65. The smallest absolute Gasteiger partial charge is 0.413 e. The summed E-state index contributed by atoms with van der Waals surface area (Å²) in [6.45, 7) is 1.94. The van der Waals surface area contributed by atoms with Gasteiger partial charge < -0.3 is 4.74 Å². The van der Waals surface area contributed by atoms with Gasteiger partial charge in [0.2, 0.25) is 0 Å². The number of nitrogens with zero attached hydrogens (tertiary/aromatic N) is 2. The van der Waals surface area contributed by atoms with Crippen LogP contribution in [-0.4, -0.2) is 16.1 Å². The van der Waals surface area contributed by atoms with Gasteiger partial charge in [-0.3, -0.25) is 5.32 Å². The maximum absolute atomic E-state index is 11.0. The molecule has 0 saturated heterocycles. The lowest BCUT2D eigenvalue weighted by molar-refractivity contribution is 0.103. The molecule has 0 bridgehead atoms. The lowest BCUT2D eigenvalue weighted by atomic mass is 10.1. The van der Waals surface area contributed by atoms with Crippen LogP contribution >= 0.6 is 0 Å². The SMILES string of the molecule is CCC1OC(=O)Nc2ncncc21. The van der Waals surface area contributed by atoms with E-state index in [4.69, 9.17) is 4.74 Å². The van der Waals surface area contributed by atoms with Crippen LogP contribution in [0.15, 0.2) is 12.5 Å². The van der Waals surface area contributed by atoms with E-state index in [1.54, 1.807) is 6.20 Å². The van der Waals surface area contributed by atoms with Crippen molar-refractivity contribution < 1.29 is 9.53 Å². The Morgan fingerprint density at radius 2 is 2.54 bits per heavy atom. The van der Waals surface area contributed by atoms with Crippen molar-refractivity contribution >= 4 is 11.9 Å². The van der Waals surface area contributed by atoms with Gasteiger partial charge in [-0.05, 0) is 6.42 Å². The molecule has 5 nitrogen and oxygen atoms in total. The van der Waals surface area contributed by atoms with Crippen LogP contribution in [0.3, 0.4) is 0 Å². The minimum atomic E-state index is -0.446. The summed E-state index contributed by atoms with van der Waals surface area (Å²) >= 11 is 0. The number of aromatic nitrogens is 2. The van der Waals surface area contributed by atoms with Crippen molar-refractivity contribution in [1.82, 2.24) is 9.97 Å². The molecule has 1 aromatic rings. The standard InChI is InChI=1S/C8H9N3O2/c1-2-6-5-3-9-4-10-7(5)11-8(12)13-6/h3-4,6H,2H2,1H3,(H,9,10,11,12). The molecule has 5 heteroatoms. The van der Waals surface area contributed by atoms with Gasteiger partial charge in [0, 0.05) is 6.20 Å². The van der Waals surface area contributed by atoms with Crippen LogP contribution < -0.4 is 5.32 Å². The van der Waals surface area contributed by atoms with Crippen LogP contribution in [0.1, 0.15) is 25.0 Å². The zero-order chi connectivity index (χ0) is 9.26. The van der Waals surface area contributed by atoms with E-state index < -0.39 is 6.09 Å². The monoisotopic (exact) mass is 179 g/mol. The highest BCUT2D eigenvalue weighted by Gasteiger charge is 2.25. The van der Waals surface area contributed by atoms with Gasteiger partial charge in [0.05, 0.1) is 5.56 Å². The largest absolute Gasteiger partial charge is 0.441 e. The van der Waals surface area contributed by atoms with Crippen LogP contribution in [0.5, 0.6) is 0 Å². The molecule has 0 radical (unpaired) electrons. The third kappa shape index (κ3) is 1.32. The Morgan fingerprint density at radius 3 is 3.31 bits per heavy atom. The molecule has 2 rings (SSSR count). The number of nitrogens with one attached hydrogen (secondary N) is 1. The molecule has 1 unspecified atom stereocenters. The molecule has 1 aliphatic rings. The average Bonchev–Trinajstić information content (AvgIpc) is 2.16. The van der Waals surface area contributed by atoms with Gasteiger partial charge in [0.15, 0.2) is 0 Å². The van der Waals surface area contributed by atoms with Crippen molar-refractivity contribution in [2.45, 2.75) is 19.4 Å². The number of hydrogen-bond acceptors (Lipinski definition) is 4. The zero-order valence-electron chi connectivity index (χ0n) is 7.15. The Morgan fingerprint density at radius 1 is 1.69 bits per heavy atom. The van der Waals surface area contributed by atoms with Gasteiger partial charge in [-0.1, -0.05) is 6.92 Å². The second-order valence-electron chi connectivity index (χ2n) is 2.75. The highest BCUT2D eigenvalue weighted by molar-refractivity contribution is 5.86. The number of fused-ring (bicyclic) bond motifs is 1. The Bertz CT molecular complexity index is 340. The van der Waals surface area contributed by atoms with Crippen LogP contribution in [0.4, 0.5) is 10.6 Å². The first-order chi connectivity index (χ1) is 6.31. The van der Waals surface area contributed by atoms with Crippen molar-refractivity contribution in [2.75, 3.05) is 5.32 Å². The lowest BCUT2D eigenvalue weighted by Gasteiger charge is -2.23. The quantitative estimate of drug-likeness (QED) is 0.709. The zero-order valence-corrected chi connectivity index (χ0v) is 7.15. The first kappa shape index (κ1) is 7.97. The second-order valence-corrected chi connectivity index (χ2v) is 2.75. The highest BCUT2D eigenvalue weighted by atomic mass is 16.6. The Labute approximate surface area is 75.1 Å². The molecule has 0 aromatic carbocycles. The Kier molecular flexibility index (Phi) is 1.84. The minimum absolute atomic E-state index is 0.218. The Balaban J connectivity index is 2.42. The van der Waals surface area contributed by atoms with E-state index in [0.717, 1.165) is 12.0 Å². The fourth-order valence-electron chi connectivity index (χ4n) is 1.30. The maximum Gasteiger partial charge on any atom is 0.413 e. The summed E-state index contributed by atoms with van der Waals surface area (Å²) < 4.78 is 5.03. The molecule has 1 atom stereocenters. The summed E-state index contributed by atoms with van der Waals surface area (Å²) in [4.78, 5) is 18.8. The van der Waals surface area contributed by atoms with E-state index in [9.17, 15) is 4.79 Å². The summed E-state index contributed by atoms with van der Waals surface area (Å²) in [6.07, 6.45) is 3.13. The fourth-order valence-corrected chi connectivity index (χ4v) is 1.30. The molecule has 1 N–H and O–H groups in total. The van der Waals surface area contributed by atoms with E-state index in [2.05, 4.69) is 15.3 Å². The van der Waals surface area contributed by atoms with E-state index in [1.807, 2.05) is 6.92 Å². The molecule has 1 aromatic heterocycles. The molecule has 2 heterocycles. The summed E-state index contributed by atoms with van der Waals surface area (Å²) in [6, 6.07) is 0. The number of hydrogen-bond donors (Lipinski definition) is 1. The summed E-state index contributed by atoms with van der Waals surface area (Å²) in [5, 5.41) is 2.51. The van der Waals surface area contributed by atoms with Crippen molar-refractivity contribution in [2.24, 2.45) is 0 Å². The first-order valence-corrected chi connectivity index (χ1v) is 4.08. The fraction of sp³-hybridized carbons (Fsp3) is 0.375. The van der Waals surface area contributed by atoms with Gasteiger partial charge in [0.1, 0.15) is 18.2 Å². The van der Waals surface area contributed by atoms with Crippen LogP contribution in [0, 0.1) is 0 Å². The van der Waals surface area contributed by atoms with Gasteiger partial charge in [-0.2, -0.15) is 0 Å². The third-order valence-corrected chi connectivity index (χ3v) is 1.93. The number of cyclic esters (lactones) is 1. The van der Waals surface area contributed by atoms with Crippen LogP contribution in [0.25, 0.3) is 0 Å². The molecule has 13 heavy (non-hydrogen) atoms. The topological polar surface area (TPSA) is 64.1 Å². The summed E-state index contributed by atoms with van der Waals surface area (Å²) in [7, 11) is 0. The molecule has 1 aliphatic heterocycles. The van der Waals surface area contributed by atoms with Crippen LogP contribution in [-0.2, 0) is 4.74 Å².